The van der Waals surface area contributed by atoms with E-state index in [0.717, 1.165) is 21.7 Å². The van der Waals surface area contributed by atoms with Crippen LogP contribution >= 0.6 is 11.3 Å². The highest BCUT2D eigenvalue weighted by Gasteiger charge is 2.13. The van der Waals surface area contributed by atoms with Gasteiger partial charge in [-0.15, -0.1) is 0 Å². The van der Waals surface area contributed by atoms with Gasteiger partial charge in [-0.2, -0.15) is 0 Å². The summed E-state index contributed by atoms with van der Waals surface area (Å²) in [6.07, 6.45) is 0. The van der Waals surface area contributed by atoms with Gasteiger partial charge < -0.3 is 10.6 Å². The van der Waals surface area contributed by atoms with E-state index in [-0.39, 0.29) is 0 Å². The molecule has 0 aliphatic carbocycles. The molecule has 2 aromatic carbocycles. The normalized spacial score (nSPS) is 10.6. The van der Waals surface area contributed by atoms with Gasteiger partial charge in [0.15, 0.2) is 5.13 Å². The smallest absolute Gasteiger partial charge is 0.181 e. The van der Waals surface area contributed by atoms with Crippen molar-refractivity contribution in [1.29, 1.82) is 0 Å². The predicted molar refractivity (Wildman–Crippen MR) is 91.7 cm³/mol. The second-order valence-corrected chi connectivity index (χ2v) is 6.07. The number of hydrogen-bond donors (Lipinski definition) is 1. The van der Waals surface area contributed by atoms with Gasteiger partial charge in [0, 0.05) is 25.3 Å². The highest BCUT2D eigenvalue weighted by Crippen LogP contribution is 2.38. The largest absolute Gasteiger partial charge is 0.378 e. The third-order valence-corrected chi connectivity index (χ3v) is 4.27. The molecule has 3 aromatic rings. The van der Waals surface area contributed by atoms with Crippen LogP contribution in [0.15, 0.2) is 54.6 Å². The minimum Gasteiger partial charge on any atom is -0.378 e. The van der Waals surface area contributed by atoms with Gasteiger partial charge in [0.05, 0.1) is 10.6 Å². The number of thiazole rings is 1. The summed E-state index contributed by atoms with van der Waals surface area (Å²) in [5, 5.41) is 0.598. The number of hydrogen-bond acceptors (Lipinski definition) is 4. The summed E-state index contributed by atoms with van der Waals surface area (Å²) in [5.74, 6) is 0. The molecule has 0 amide bonds. The van der Waals surface area contributed by atoms with Crippen molar-refractivity contribution in [3.8, 4) is 21.7 Å². The van der Waals surface area contributed by atoms with Gasteiger partial charge in [-0.05, 0) is 17.7 Å². The quantitative estimate of drug-likeness (QED) is 0.790. The van der Waals surface area contributed by atoms with Gasteiger partial charge >= 0.3 is 0 Å². The lowest BCUT2D eigenvalue weighted by Gasteiger charge is -2.12. The molecule has 1 heterocycles. The molecule has 0 aliphatic rings. The number of nitrogen functional groups attached to an aromatic ring is 1. The highest BCUT2D eigenvalue weighted by molar-refractivity contribution is 7.19. The van der Waals surface area contributed by atoms with Crippen LogP contribution in [0.2, 0.25) is 0 Å². The Bertz CT molecular complexity index is 730. The van der Waals surface area contributed by atoms with E-state index in [9.17, 15) is 0 Å². The minimum absolute atomic E-state index is 0.598. The lowest BCUT2D eigenvalue weighted by atomic mass is 10.1. The molecular formula is C17H17N3S. The molecule has 106 valence electrons. The molecule has 0 atom stereocenters. The van der Waals surface area contributed by atoms with Crippen molar-refractivity contribution in [3.05, 3.63) is 54.6 Å². The number of nitrogens with zero attached hydrogens (tertiary/aromatic N) is 2. The molecule has 0 bridgehead atoms. The van der Waals surface area contributed by atoms with Gasteiger partial charge in [0.25, 0.3) is 0 Å². The van der Waals surface area contributed by atoms with Crippen molar-refractivity contribution in [2.24, 2.45) is 0 Å². The van der Waals surface area contributed by atoms with E-state index in [1.165, 1.54) is 17.0 Å². The maximum atomic E-state index is 5.93. The van der Waals surface area contributed by atoms with Crippen LogP contribution in [0.25, 0.3) is 21.7 Å². The first-order chi connectivity index (χ1) is 10.1. The highest BCUT2D eigenvalue weighted by atomic mass is 32.1. The number of nitrogens with two attached hydrogens (primary N) is 1. The van der Waals surface area contributed by atoms with E-state index in [4.69, 9.17) is 5.73 Å². The van der Waals surface area contributed by atoms with Crippen LogP contribution in [0, 0.1) is 0 Å². The standard InChI is InChI=1S/C17H17N3S/c1-20(2)14-10-8-12(9-11-14)15-16(21-17(18)19-15)13-6-4-3-5-7-13/h3-11H,1-2H3,(H2,18,19). The topological polar surface area (TPSA) is 42.2 Å². The van der Waals surface area contributed by atoms with Gasteiger partial charge in [0.1, 0.15) is 0 Å². The predicted octanol–water partition coefficient (Wildman–Crippen LogP) is 4.13. The Morgan fingerprint density at radius 1 is 0.905 bits per heavy atom. The molecule has 0 saturated carbocycles. The summed E-state index contributed by atoms with van der Waals surface area (Å²) in [6.45, 7) is 0. The molecular weight excluding hydrogens is 278 g/mol. The Morgan fingerprint density at radius 2 is 1.57 bits per heavy atom. The van der Waals surface area contributed by atoms with Crippen LogP contribution in [0.1, 0.15) is 0 Å². The molecule has 3 nitrogen and oxygen atoms in total. The summed E-state index contributed by atoms with van der Waals surface area (Å²) < 4.78 is 0. The van der Waals surface area contributed by atoms with E-state index in [2.05, 4.69) is 46.3 Å². The fraction of sp³-hybridized carbons (Fsp3) is 0.118. The summed E-state index contributed by atoms with van der Waals surface area (Å²) in [6, 6.07) is 18.6. The Hall–Kier alpha value is -2.33. The first-order valence-electron chi connectivity index (χ1n) is 6.74. The monoisotopic (exact) mass is 295 g/mol. The van der Waals surface area contributed by atoms with Crippen molar-refractivity contribution in [1.82, 2.24) is 4.98 Å². The molecule has 21 heavy (non-hydrogen) atoms. The molecule has 0 spiro atoms. The number of aromatic nitrogens is 1. The molecule has 4 heteroatoms. The number of benzene rings is 2. The average molecular weight is 295 g/mol. The van der Waals surface area contributed by atoms with Crippen molar-refractivity contribution in [2.75, 3.05) is 24.7 Å². The van der Waals surface area contributed by atoms with Crippen molar-refractivity contribution >= 4 is 22.2 Å². The summed E-state index contributed by atoms with van der Waals surface area (Å²) in [4.78, 5) is 7.71. The zero-order valence-corrected chi connectivity index (χ0v) is 12.9. The molecule has 2 N–H and O–H groups in total. The molecule has 0 unspecified atom stereocenters. The van der Waals surface area contributed by atoms with Crippen molar-refractivity contribution in [3.63, 3.8) is 0 Å². The van der Waals surface area contributed by atoms with Gasteiger partial charge in [-0.1, -0.05) is 53.8 Å². The van der Waals surface area contributed by atoms with E-state index < -0.39 is 0 Å². The fourth-order valence-electron chi connectivity index (χ4n) is 2.23. The van der Waals surface area contributed by atoms with Crippen LogP contribution in [0.4, 0.5) is 10.8 Å². The third-order valence-electron chi connectivity index (χ3n) is 3.34. The van der Waals surface area contributed by atoms with E-state index >= 15 is 0 Å². The maximum Gasteiger partial charge on any atom is 0.181 e. The van der Waals surface area contributed by atoms with Gasteiger partial charge in [0.2, 0.25) is 0 Å². The zero-order chi connectivity index (χ0) is 14.8. The Labute approximate surface area is 128 Å². The average Bonchev–Trinajstić information content (AvgIpc) is 2.90. The summed E-state index contributed by atoms with van der Waals surface area (Å²) in [5.41, 5.74) is 10.3. The summed E-state index contributed by atoms with van der Waals surface area (Å²) >= 11 is 1.53. The van der Waals surface area contributed by atoms with E-state index in [1.807, 2.05) is 32.3 Å². The van der Waals surface area contributed by atoms with Crippen molar-refractivity contribution in [2.45, 2.75) is 0 Å². The Kier molecular flexibility index (Phi) is 3.62. The number of anilines is 2. The molecule has 3 rings (SSSR count). The molecule has 0 radical (unpaired) electrons. The van der Waals surface area contributed by atoms with E-state index in [1.54, 1.807) is 0 Å². The van der Waals surface area contributed by atoms with E-state index in [0.29, 0.717) is 5.13 Å². The minimum atomic E-state index is 0.598. The SMILES string of the molecule is CN(C)c1ccc(-c2nc(N)sc2-c2ccccc2)cc1. The van der Waals surface area contributed by atoms with Crippen LogP contribution < -0.4 is 10.6 Å². The molecule has 0 fully saturated rings. The molecule has 1 aromatic heterocycles. The lowest BCUT2D eigenvalue weighted by molar-refractivity contribution is 1.13. The van der Waals surface area contributed by atoms with Gasteiger partial charge in [-0.3, -0.25) is 0 Å². The second kappa shape index (κ2) is 5.58. The summed E-state index contributed by atoms with van der Waals surface area (Å²) in [7, 11) is 4.07. The first kappa shape index (κ1) is 13.6. The van der Waals surface area contributed by atoms with Crippen LogP contribution in [-0.2, 0) is 0 Å². The van der Waals surface area contributed by atoms with Crippen LogP contribution in [-0.4, -0.2) is 19.1 Å². The zero-order valence-electron chi connectivity index (χ0n) is 12.1. The Balaban J connectivity index is 2.07. The fourth-order valence-corrected chi connectivity index (χ4v) is 3.10. The first-order valence-corrected chi connectivity index (χ1v) is 7.56. The van der Waals surface area contributed by atoms with Gasteiger partial charge in [-0.25, -0.2) is 4.98 Å². The lowest BCUT2D eigenvalue weighted by Crippen LogP contribution is -2.07. The molecule has 0 saturated heterocycles. The molecule has 0 aliphatic heterocycles. The Morgan fingerprint density at radius 3 is 2.19 bits per heavy atom. The maximum absolute atomic E-state index is 5.93. The third kappa shape index (κ3) is 2.76. The van der Waals surface area contributed by atoms with Crippen molar-refractivity contribution < 1.29 is 0 Å². The second-order valence-electron chi connectivity index (χ2n) is 5.04. The van der Waals surface area contributed by atoms with Crippen LogP contribution in [0.3, 0.4) is 0 Å². The number of rotatable bonds is 3. The van der Waals surface area contributed by atoms with Crippen LogP contribution in [0.5, 0.6) is 0 Å².